The molecule has 3 aromatic carbocycles. The minimum absolute atomic E-state index is 0.120. The number of hydrogen-bond donors (Lipinski definition) is 1. The number of rotatable bonds is 4. The third-order valence-corrected chi connectivity index (χ3v) is 7.49. The van der Waals surface area contributed by atoms with E-state index in [1.165, 1.54) is 34.6 Å². The summed E-state index contributed by atoms with van der Waals surface area (Å²) in [4.78, 5) is 12.2. The Balaban J connectivity index is 1.55. The molecule has 0 spiro atoms. The molecule has 0 unspecified atom stereocenters. The first-order valence-corrected chi connectivity index (χ1v) is 11.6. The Bertz CT molecular complexity index is 1280. The van der Waals surface area contributed by atoms with Gasteiger partial charge in [-0.05, 0) is 53.9 Å². The van der Waals surface area contributed by atoms with Crippen molar-refractivity contribution in [2.45, 2.75) is 17.9 Å². The smallest absolute Gasteiger partial charge is 0.257 e. The molecule has 1 heterocycles. The van der Waals surface area contributed by atoms with E-state index in [1.54, 1.807) is 0 Å². The molecule has 3 aromatic rings. The predicted octanol–water partition coefficient (Wildman–Crippen LogP) is 5.13. The van der Waals surface area contributed by atoms with Crippen LogP contribution in [0.25, 0.3) is 0 Å². The summed E-state index contributed by atoms with van der Waals surface area (Å²) in [5.74, 6) is -1.50. The molecule has 0 bridgehead atoms. The van der Waals surface area contributed by atoms with Crippen LogP contribution in [0.5, 0.6) is 0 Å². The van der Waals surface area contributed by atoms with E-state index in [2.05, 4.69) is 5.32 Å². The maximum absolute atomic E-state index is 14.7. The number of carbonyl (C=O) groups excluding carboxylic acids is 1. The highest BCUT2D eigenvalue weighted by Gasteiger charge is 2.29. The number of fused-ring (bicyclic) bond motifs is 1. The zero-order valence-electron chi connectivity index (χ0n) is 16.1. The second-order valence-electron chi connectivity index (χ2n) is 7.08. The quantitative estimate of drug-likeness (QED) is 0.564. The molecular weight excluding hydrogens is 462 g/mol. The number of anilines is 1. The maximum atomic E-state index is 14.7. The zero-order chi connectivity index (χ0) is 22.2. The van der Waals surface area contributed by atoms with Crippen molar-refractivity contribution in [3.05, 3.63) is 93.2 Å². The summed E-state index contributed by atoms with van der Waals surface area (Å²) in [6, 6.07) is 15.4. The van der Waals surface area contributed by atoms with Crippen LogP contribution in [0.2, 0.25) is 10.0 Å². The molecule has 4 rings (SSSR count). The SMILES string of the molecule is O=C(Nc1ccc(S(=O)(=O)N2CCc3ccccc3C2)cc1F)c1ccc(Cl)cc1Cl. The first-order valence-electron chi connectivity index (χ1n) is 9.38. The predicted molar refractivity (Wildman–Crippen MR) is 119 cm³/mol. The maximum Gasteiger partial charge on any atom is 0.257 e. The Labute approximate surface area is 189 Å². The van der Waals surface area contributed by atoms with Crippen molar-refractivity contribution >= 4 is 44.8 Å². The minimum Gasteiger partial charge on any atom is -0.319 e. The van der Waals surface area contributed by atoms with Crippen LogP contribution in [-0.2, 0) is 23.0 Å². The molecule has 0 aliphatic carbocycles. The van der Waals surface area contributed by atoms with Gasteiger partial charge in [0.05, 0.1) is 21.2 Å². The van der Waals surface area contributed by atoms with Crippen molar-refractivity contribution < 1.29 is 17.6 Å². The fourth-order valence-corrected chi connectivity index (χ4v) is 5.37. The van der Waals surface area contributed by atoms with Gasteiger partial charge >= 0.3 is 0 Å². The molecule has 1 N–H and O–H groups in total. The first kappa shape index (κ1) is 21.8. The molecule has 0 saturated carbocycles. The molecule has 0 saturated heterocycles. The Morgan fingerprint density at radius 1 is 1.00 bits per heavy atom. The average molecular weight is 479 g/mol. The molecule has 5 nitrogen and oxygen atoms in total. The van der Waals surface area contributed by atoms with E-state index < -0.39 is 21.7 Å². The number of nitrogens with zero attached hydrogens (tertiary/aromatic N) is 1. The van der Waals surface area contributed by atoms with Crippen molar-refractivity contribution in [1.29, 1.82) is 0 Å². The molecule has 0 atom stereocenters. The summed E-state index contributed by atoms with van der Waals surface area (Å²) in [5, 5.41) is 2.89. The summed E-state index contributed by atoms with van der Waals surface area (Å²) in [5.41, 5.74) is 2.01. The van der Waals surface area contributed by atoms with E-state index >= 15 is 0 Å². The van der Waals surface area contributed by atoms with Gasteiger partial charge in [-0.15, -0.1) is 0 Å². The Kier molecular flexibility index (Phi) is 6.03. The molecule has 31 heavy (non-hydrogen) atoms. The molecule has 1 aliphatic rings. The van der Waals surface area contributed by atoms with Crippen LogP contribution in [0.1, 0.15) is 21.5 Å². The lowest BCUT2D eigenvalue weighted by Gasteiger charge is -2.28. The number of nitrogens with one attached hydrogen (secondary N) is 1. The van der Waals surface area contributed by atoms with E-state index in [-0.39, 0.29) is 27.7 Å². The average Bonchev–Trinajstić information content (AvgIpc) is 2.74. The number of benzene rings is 3. The topological polar surface area (TPSA) is 66.5 Å². The lowest BCUT2D eigenvalue weighted by Crippen LogP contribution is -2.36. The number of halogens is 3. The first-order chi connectivity index (χ1) is 14.8. The lowest BCUT2D eigenvalue weighted by molar-refractivity contribution is 0.102. The molecular formula is C22H17Cl2FN2O3S. The normalized spacial score (nSPS) is 14.2. The van der Waals surface area contributed by atoms with Crippen molar-refractivity contribution in [1.82, 2.24) is 4.31 Å². The number of carbonyl (C=O) groups is 1. The van der Waals surface area contributed by atoms with Crippen LogP contribution in [0.4, 0.5) is 10.1 Å². The van der Waals surface area contributed by atoms with E-state index in [9.17, 15) is 17.6 Å². The van der Waals surface area contributed by atoms with E-state index in [4.69, 9.17) is 23.2 Å². The summed E-state index contributed by atoms with van der Waals surface area (Å²) in [7, 11) is -3.89. The molecule has 0 fully saturated rings. The van der Waals surface area contributed by atoms with Gasteiger partial charge in [0.15, 0.2) is 0 Å². The zero-order valence-corrected chi connectivity index (χ0v) is 18.4. The highest BCUT2D eigenvalue weighted by Crippen LogP contribution is 2.28. The second-order valence-corrected chi connectivity index (χ2v) is 9.86. The summed E-state index contributed by atoms with van der Waals surface area (Å²) < 4.78 is 42.1. The number of sulfonamides is 1. The molecule has 0 radical (unpaired) electrons. The fourth-order valence-electron chi connectivity index (χ4n) is 3.44. The van der Waals surface area contributed by atoms with Crippen LogP contribution in [-0.4, -0.2) is 25.2 Å². The molecule has 160 valence electrons. The van der Waals surface area contributed by atoms with Gasteiger partial charge in [0.2, 0.25) is 10.0 Å². The molecule has 0 aromatic heterocycles. The van der Waals surface area contributed by atoms with Crippen LogP contribution < -0.4 is 5.32 Å². The lowest BCUT2D eigenvalue weighted by atomic mass is 10.0. The van der Waals surface area contributed by atoms with Gasteiger partial charge < -0.3 is 5.32 Å². The van der Waals surface area contributed by atoms with E-state index in [0.717, 1.165) is 17.2 Å². The van der Waals surface area contributed by atoms with Gasteiger partial charge in [0.25, 0.3) is 5.91 Å². The van der Waals surface area contributed by atoms with Crippen molar-refractivity contribution in [3.8, 4) is 0 Å². The third kappa shape index (κ3) is 4.45. The van der Waals surface area contributed by atoms with Crippen LogP contribution in [0, 0.1) is 5.82 Å². The minimum atomic E-state index is -3.89. The molecule has 1 aliphatic heterocycles. The van der Waals surface area contributed by atoms with Crippen molar-refractivity contribution in [3.63, 3.8) is 0 Å². The van der Waals surface area contributed by atoms with Gasteiger partial charge in [-0.2, -0.15) is 4.31 Å². The largest absolute Gasteiger partial charge is 0.319 e. The Morgan fingerprint density at radius 2 is 1.74 bits per heavy atom. The van der Waals surface area contributed by atoms with Gasteiger partial charge in [-0.25, -0.2) is 12.8 Å². The van der Waals surface area contributed by atoms with Gasteiger partial charge in [-0.3, -0.25) is 4.79 Å². The van der Waals surface area contributed by atoms with Crippen LogP contribution >= 0.6 is 23.2 Å². The fraction of sp³-hybridized carbons (Fsp3) is 0.136. The van der Waals surface area contributed by atoms with Gasteiger partial charge in [0.1, 0.15) is 5.82 Å². The third-order valence-electron chi connectivity index (χ3n) is 5.10. The highest BCUT2D eigenvalue weighted by atomic mass is 35.5. The number of amides is 1. The van der Waals surface area contributed by atoms with Crippen LogP contribution in [0.15, 0.2) is 65.6 Å². The van der Waals surface area contributed by atoms with Crippen molar-refractivity contribution in [2.75, 3.05) is 11.9 Å². The van der Waals surface area contributed by atoms with Gasteiger partial charge in [-0.1, -0.05) is 47.5 Å². The van der Waals surface area contributed by atoms with Crippen LogP contribution in [0.3, 0.4) is 0 Å². The standard InChI is InChI=1S/C22H17Cl2FN2O3S/c23-16-5-7-18(19(24)11-16)22(28)26-21-8-6-17(12-20(21)25)31(29,30)27-10-9-14-3-1-2-4-15(14)13-27/h1-8,11-12H,9-10,13H2,(H,26,28). The molecule has 1 amide bonds. The molecule has 9 heteroatoms. The van der Waals surface area contributed by atoms with E-state index in [0.29, 0.717) is 18.0 Å². The van der Waals surface area contributed by atoms with Crippen molar-refractivity contribution in [2.24, 2.45) is 0 Å². The highest BCUT2D eigenvalue weighted by molar-refractivity contribution is 7.89. The Hall–Kier alpha value is -2.45. The summed E-state index contributed by atoms with van der Waals surface area (Å²) >= 11 is 11.8. The second kappa shape index (κ2) is 8.59. The summed E-state index contributed by atoms with van der Waals surface area (Å²) in [6.07, 6.45) is 0.591. The summed E-state index contributed by atoms with van der Waals surface area (Å²) in [6.45, 7) is 0.544. The Morgan fingerprint density at radius 3 is 2.45 bits per heavy atom. The monoisotopic (exact) mass is 478 g/mol. The number of hydrogen-bond acceptors (Lipinski definition) is 3. The van der Waals surface area contributed by atoms with Gasteiger partial charge in [0, 0.05) is 18.1 Å². The van der Waals surface area contributed by atoms with E-state index in [1.807, 2.05) is 24.3 Å².